The maximum absolute atomic E-state index is 12.8. The highest BCUT2D eigenvalue weighted by molar-refractivity contribution is 6.04. The van der Waals surface area contributed by atoms with Gasteiger partial charge >= 0.3 is 0 Å². The van der Waals surface area contributed by atoms with Gasteiger partial charge in [0, 0.05) is 30.4 Å². The summed E-state index contributed by atoms with van der Waals surface area (Å²) in [5, 5.41) is 3.85. The number of aromatic nitrogens is 3. The highest BCUT2D eigenvalue weighted by atomic mass is 16.1. The van der Waals surface area contributed by atoms with Crippen molar-refractivity contribution in [3.05, 3.63) is 76.3 Å². The third-order valence-corrected chi connectivity index (χ3v) is 4.89. The fraction of sp³-hybridized carbons (Fsp3) is 0.227. The molecule has 142 valence electrons. The zero-order chi connectivity index (χ0) is 19.5. The molecule has 0 fully saturated rings. The largest absolute Gasteiger partial charge is 0.356 e. The van der Waals surface area contributed by atoms with E-state index in [1.54, 1.807) is 0 Å². The number of amides is 1. The van der Waals surface area contributed by atoms with Gasteiger partial charge in [0.15, 0.2) is 0 Å². The van der Waals surface area contributed by atoms with Crippen molar-refractivity contribution in [3.8, 4) is 0 Å². The number of nitrogens with one attached hydrogen (secondary N) is 2. The third kappa shape index (κ3) is 3.67. The molecule has 0 spiro atoms. The molecular weight excluding hydrogens is 352 g/mol. The summed E-state index contributed by atoms with van der Waals surface area (Å²) in [5.41, 5.74) is 4.19. The van der Waals surface area contributed by atoms with Gasteiger partial charge in [-0.2, -0.15) is 0 Å². The molecule has 0 aliphatic rings. The number of carbonyl (C=O) groups excluding carboxylic acids is 1. The zero-order valence-electron chi connectivity index (χ0n) is 15.7. The second-order valence-electron chi connectivity index (χ2n) is 6.98. The smallest absolute Gasteiger partial charge is 0.277 e. The first-order chi connectivity index (χ1) is 13.6. The maximum atomic E-state index is 12.8. The summed E-state index contributed by atoms with van der Waals surface area (Å²) in [5.74, 6) is -0.0739. The van der Waals surface area contributed by atoms with E-state index in [0.717, 1.165) is 22.9 Å². The molecule has 0 atom stereocenters. The van der Waals surface area contributed by atoms with Crippen LogP contribution in [0.1, 0.15) is 17.5 Å². The van der Waals surface area contributed by atoms with Crippen LogP contribution in [-0.2, 0) is 17.8 Å². The van der Waals surface area contributed by atoms with Gasteiger partial charge in [-0.05, 0) is 31.0 Å². The van der Waals surface area contributed by atoms with Crippen LogP contribution in [0.25, 0.3) is 21.9 Å². The zero-order valence-corrected chi connectivity index (χ0v) is 15.7. The van der Waals surface area contributed by atoms with Gasteiger partial charge in [-0.1, -0.05) is 42.0 Å². The van der Waals surface area contributed by atoms with Gasteiger partial charge in [0.1, 0.15) is 11.0 Å². The van der Waals surface area contributed by atoms with Crippen LogP contribution in [0.3, 0.4) is 0 Å². The average Bonchev–Trinajstić information content (AvgIpc) is 3.07. The van der Waals surface area contributed by atoms with Crippen LogP contribution in [-0.4, -0.2) is 27.0 Å². The molecule has 0 unspecified atom stereocenters. The quantitative estimate of drug-likeness (QED) is 0.545. The number of aromatic amines is 1. The topological polar surface area (TPSA) is 79.8 Å². The van der Waals surface area contributed by atoms with Crippen LogP contribution in [0.2, 0.25) is 0 Å². The molecule has 0 aliphatic carbocycles. The summed E-state index contributed by atoms with van der Waals surface area (Å²) in [6, 6.07) is 16.0. The summed E-state index contributed by atoms with van der Waals surface area (Å²) in [6.45, 7) is 2.89. The van der Waals surface area contributed by atoms with E-state index >= 15 is 0 Å². The number of benzene rings is 2. The van der Waals surface area contributed by atoms with E-state index in [4.69, 9.17) is 0 Å². The van der Waals surface area contributed by atoms with E-state index in [1.165, 1.54) is 16.5 Å². The van der Waals surface area contributed by atoms with Crippen molar-refractivity contribution in [1.82, 2.24) is 19.9 Å². The lowest BCUT2D eigenvalue weighted by atomic mass is 10.1. The molecule has 28 heavy (non-hydrogen) atoms. The summed E-state index contributed by atoms with van der Waals surface area (Å²) in [4.78, 5) is 32.5. The van der Waals surface area contributed by atoms with Crippen LogP contribution in [0.15, 0.2) is 59.7 Å². The maximum Gasteiger partial charge on any atom is 0.277 e. The van der Waals surface area contributed by atoms with Gasteiger partial charge in [-0.3, -0.25) is 14.2 Å². The number of aryl methyl sites for hydroxylation is 2. The van der Waals surface area contributed by atoms with Gasteiger partial charge in [-0.25, -0.2) is 4.98 Å². The Bertz CT molecular complexity index is 1190. The number of carbonyl (C=O) groups is 1. The van der Waals surface area contributed by atoms with E-state index in [1.807, 2.05) is 55.5 Å². The van der Waals surface area contributed by atoms with E-state index in [0.29, 0.717) is 24.1 Å². The normalized spacial score (nSPS) is 11.2. The van der Waals surface area contributed by atoms with E-state index in [-0.39, 0.29) is 17.9 Å². The highest BCUT2D eigenvalue weighted by Crippen LogP contribution is 2.22. The molecule has 2 aromatic carbocycles. The lowest BCUT2D eigenvalue weighted by Crippen LogP contribution is -2.29. The van der Waals surface area contributed by atoms with Crippen LogP contribution in [0.5, 0.6) is 0 Å². The van der Waals surface area contributed by atoms with Crippen LogP contribution < -0.4 is 10.9 Å². The average molecular weight is 374 g/mol. The van der Waals surface area contributed by atoms with Gasteiger partial charge in [0.2, 0.25) is 5.91 Å². The molecule has 4 aromatic rings. The summed E-state index contributed by atoms with van der Waals surface area (Å²) < 4.78 is 1.49. The minimum Gasteiger partial charge on any atom is -0.356 e. The SMILES string of the molecule is Cc1ccc2[nH]c3c(=O)n(CCC(=O)NCCc4ccccc4)cnc3c2c1. The van der Waals surface area contributed by atoms with Crippen molar-refractivity contribution >= 4 is 27.8 Å². The minimum atomic E-state index is -0.157. The summed E-state index contributed by atoms with van der Waals surface area (Å²) >= 11 is 0. The van der Waals surface area contributed by atoms with E-state index in [9.17, 15) is 9.59 Å². The van der Waals surface area contributed by atoms with Crippen molar-refractivity contribution in [2.24, 2.45) is 0 Å². The molecular formula is C22H22N4O2. The number of hydrogen-bond acceptors (Lipinski definition) is 3. The Morgan fingerprint density at radius 3 is 2.82 bits per heavy atom. The fourth-order valence-electron chi connectivity index (χ4n) is 3.36. The molecule has 6 heteroatoms. The molecule has 0 saturated carbocycles. The Balaban J connectivity index is 1.42. The molecule has 0 aliphatic heterocycles. The van der Waals surface area contributed by atoms with Gasteiger partial charge in [0.25, 0.3) is 5.56 Å². The van der Waals surface area contributed by atoms with Crippen molar-refractivity contribution in [2.75, 3.05) is 6.54 Å². The van der Waals surface area contributed by atoms with Gasteiger partial charge in [0.05, 0.1) is 6.33 Å². The second-order valence-corrected chi connectivity index (χ2v) is 6.98. The monoisotopic (exact) mass is 374 g/mol. The minimum absolute atomic E-state index is 0.0739. The molecule has 2 aromatic heterocycles. The Morgan fingerprint density at radius 1 is 1.18 bits per heavy atom. The van der Waals surface area contributed by atoms with Crippen molar-refractivity contribution in [3.63, 3.8) is 0 Å². The van der Waals surface area contributed by atoms with Crippen LogP contribution in [0, 0.1) is 6.92 Å². The van der Waals surface area contributed by atoms with Crippen molar-refractivity contribution < 1.29 is 4.79 Å². The van der Waals surface area contributed by atoms with Crippen molar-refractivity contribution in [2.45, 2.75) is 26.3 Å². The van der Waals surface area contributed by atoms with Crippen LogP contribution >= 0.6 is 0 Å². The summed E-state index contributed by atoms with van der Waals surface area (Å²) in [7, 11) is 0. The third-order valence-electron chi connectivity index (χ3n) is 4.89. The molecule has 2 heterocycles. The fourth-order valence-corrected chi connectivity index (χ4v) is 3.36. The first kappa shape index (κ1) is 18.0. The predicted molar refractivity (Wildman–Crippen MR) is 110 cm³/mol. The molecule has 4 rings (SSSR count). The number of rotatable bonds is 6. The van der Waals surface area contributed by atoms with E-state index in [2.05, 4.69) is 15.3 Å². The number of fused-ring (bicyclic) bond motifs is 3. The Morgan fingerprint density at radius 2 is 2.00 bits per heavy atom. The predicted octanol–water partition coefficient (Wildman–Crippen LogP) is 2.94. The molecule has 0 radical (unpaired) electrons. The number of nitrogens with zero attached hydrogens (tertiary/aromatic N) is 2. The molecule has 1 amide bonds. The standard InChI is InChI=1S/C22H22N4O2/c1-15-7-8-18-17(13-15)20-21(25-18)22(28)26(14-24-20)12-10-19(27)23-11-9-16-5-3-2-4-6-16/h2-8,13-14,25H,9-12H2,1H3,(H,23,27). The second kappa shape index (κ2) is 7.68. The van der Waals surface area contributed by atoms with Gasteiger partial charge in [-0.15, -0.1) is 0 Å². The Labute approximate surface area is 162 Å². The lowest BCUT2D eigenvalue weighted by Gasteiger charge is -2.07. The molecule has 0 bridgehead atoms. The van der Waals surface area contributed by atoms with Crippen LogP contribution in [0.4, 0.5) is 0 Å². The van der Waals surface area contributed by atoms with E-state index < -0.39 is 0 Å². The first-order valence-electron chi connectivity index (χ1n) is 9.40. The molecule has 0 saturated heterocycles. The van der Waals surface area contributed by atoms with Gasteiger partial charge < -0.3 is 10.3 Å². The Hall–Kier alpha value is -3.41. The Kier molecular flexibility index (Phi) is 4.93. The highest BCUT2D eigenvalue weighted by Gasteiger charge is 2.11. The van der Waals surface area contributed by atoms with Crippen molar-refractivity contribution in [1.29, 1.82) is 0 Å². The number of hydrogen-bond donors (Lipinski definition) is 2. The molecule has 2 N–H and O–H groups in total. The first-order valence-corrected chi connectivity index (χ1v) is 9.40. The lowest BCUT2D eigenvalue weighted by molar-refractivity contribution is -0.121. The molecule has 6 nitrogen and oxygen atoms in total. The summed E-state index contributed by atoms with van der Waals surface area (Å²) in [6.07, 6.45) is 2.55. The number of H-pyrrole nitrogens is 1.